The predicted molar refractivity (Wildman–Crippen MR) is 80.2 cm³/mol. The van der Waals surface area contributed by atoms with Crippen molar-refractivity contribution in [3.05, 3.63) is 56.2 Å². The second kappa shape index (κ2) is 6.70. The number of benzene rings is 1. The molecule has 0 atom stereocenters. The molecule has 19 heavy (non-hydrogen) atoms. The van der Waals surface area contributed by atoms with Crippen LogP contribution in [0.2, 0.25) is 10.0 Å². The summed E-state index contributed by atoms with van der Waals surface area (Å²) in [5.41, 5.74) is 3.11. The molecule has 0 saturated carbocycles. The summed E-state index contributed by atoms with van der Waals surface area (Å²) >= 11 is 13.4. The molecule has 0 bridgehead atoms. The van der Waals surface area contributed by atoms with Gasteiger partial charge in [-0.2, -0.15) is 5.10 Å². The van der Waals surface area contributed by atoms with E-state index in [1.165, 1.54) is 17.6 Å². The van der Waals surface area contributed by atoms with Crippen LogP contribution >= 0.6 is 34.5 Å². The largest absolute Gasteiger partial charge is 0.273 e. The third-order valence-corrected chi connectivity index (χ3v) is 4.00. The van der Waals surface area contributed by atoms with E-state index in [1.807, 2.05) is 17.5 Å². The van der Waals surface area contributed by atoms with Crippen molar-refractivity contribution in [3.63, 3.8) is 0 Å². The molecule has 1 aromatic heterocycles. The number of hydrogen-bond acceptors (Lipinski definition) is 3. The molecule has 1 aromatic carbocycles. The molecule has 6 heteroatoms. The summed E-state index contributed by atoms with van der Waals surface area (Å²) in [6.07, 6.45) is 1.79. The first kappa shape index (κ1) is 14.1. The number of nitrogens with one attached hydrogen (secondary N) is 1. The molecule has 0 saturated heterocycles. The molecule has 0 aliphatic heterocycles. The van der Waals surface area contributed by atoms with Crippen molar-refractivity contribution in [2.75, 3.05) is 0 Å². The molecule has 2 aromatic rings. The highest BCUT2D eigenvalue weighted by atomic mass is 35.5. The quantitative estimate of drug-likeness (QED) is 0.678. The third-order valence-electron chi connectivity index (χ3n) is 2.29. The van der Waals surface area contributed by atoms with E-state index in [0.717, 1.165) is 4.88 Å². The van der Waals surface area contributed by atoms with Crippen molar-refractivity contribution in [1.29, 1.82) is 0 Å². The number of carbonyl (C=O) groups excluding carboxylic acids is 1. The smallest absolute Gasteiger partial charge is 0.245 e. The molecule has 0 aliphatic carbocycles. The van der Waals surface area contributed by atoms with E-state index in [1.54, 1.807) is 18.2 Å². The fraction of sp³-hybridized carbons (Fsp3) is 0.0769. The van der Waals surface area contributed by atoms with Crippen molar-refractivity contribution < 1.29 is 4.79 Å². The van der Waals surface area contributed by atoms with Crippen LogP contribution in [0.4, 0.5) is 0 Å². The van der Waals surface area contributed by atoms with Crippen molar-refractivity contribution in [1.82, 2.24) is 5.43 Å². The lowest BCUT2D eigenvalue weighted by atomic mass is 10.2. The van der Waals surface area contributed by atoms with Crippen LogP contribution in [0.3, 0.4) is 0 Å². The summed E-state index contributed by atoms with van der Waals surface area (Å²) in [5.74, 6) is -0.170. The Hall–Kier alpha value is -1.36. The van der Waals surface area contributed by atoms with Gasteiger partial charge in [-0.3, -0.25) is 4.79 Å². The number of thiophene rings is 1. The molecule has 1 amide bonds. The van der Waals surface area contributed by atoms with Gasteiger partial charge in [0, 0.05) is 10.4 Å². The molecule has 1 heterocycles. The molecular weight excluding hydrogens is 303 g/mol. The number of nitrogens with zero attached hydrogens (tertiary/aromatic N) is 1. The Kier molecular flexibility index (Phi) is 4.96. The first-order valence-electron chi connectivity index (χ1n) is 5.45. The highest BCUT2D eigenvalue weighted by molar-refractivity contribution is 7.10. The SMILES string of the molecule is O=C(Cc1cccs1)N/N=C/c1cccc(Cl)c1Cl. The number of hydrogen-bond donors (Lipinski definition) is 1. The van der Waals surface area contributed by atoms with E-state index in [4.69, 9.17) is 23.2 Å². The maximum atomic E-state index is 11.6. The Labute approximate surface area is 124 Å². The molecular formula is C13H10Cl2N2OS. The Morgan fingerprint density at radius 3 is 2.89 bits per heavy atom. The summed E-state index contributed by atoms with van der Waals surface area (Å²) in [4.78, 5) is 12.6. The van der Waals surface area contributed by atoms with Crippen LogP contribution in [0, 0.1) is 0 Å². The van der Waals surface area contributed by atoms with Crippen molar-refractivity contribution in [3.8, 4) is 0 Å². The van der Waals surface area contributed by atoms with Gasteiger partial charge in [0.1, 0.15) is 0 Å². The Morgan fingerprint density at radius 2 is 2.16 bits per heavy atom. The monoisotopic (exact) mass is 312 g/mol. The Morgan fingerprint density at radius 1 is 1.32 bits per heavy atom. The number of rotatable bonds is 4. The average Bonchev–Trinajstić information content (AvgIpc) is 2.87. The molecule has 0 radical (unpaired) electrons. The van der Waals surface area contributed by atoms with Crippen LogP contribution in [-0.4, -0.2) is 12.1 Å². The highest BCUT2D eigenvalue weighted by Gasteiger charge is 2.03. The molecule has 0 aliphatic rings. The van der Waals surface area contributed by atoms with E-state index in [-0.39, 0.29) is 5.91 Å². The van der Waals surface area contributed by atoms with Gasteiger partial charge in [-0.1, -0.05) is 41.4 Å². The van der Waals surface area contributed by atoms with Crippen molar-refractivity contribution in [2.45, 2.75) is 6.42 Å². The summed E-state index contributed by atoms with van der Waals surface area (Å²) < 4.78 is 0. The summed E-state index contributed by atoms with van der Waals surface area (Å²) in [5, 5.41) is 6.66. The predicted octanol–water partition coefficient (Wildman–Crippen LogP) is 3.75. The minimum Gasteiger partial charge on any atom is -0.273 e. The second-order valence-electron chi connectivity index (χ2n) is 3.69. The minimum atomic E-state index is -0.170. The van der Waals surface area contributed by atoms with Gasteiger partial charge in [-0.15, -0.1) is 11.3 Å². The van der Waals surface area contributed by atoms with Crippen LogP contribution in [0.5, 0.6) is 0 Å². The topological polar surface area (TPSA) is 41.5 Å². The van der Waals surface area contributed by atoms with Gasteiger partial charge in [-0.25, -0.2) is 5.43 Å². The van der Waals surface area contributed by atoms with Gasteiger partial charge < -0.3 is 0 Å². The van der Waals surface area contributed by atoms with Gasteiger partial charge in [0.15, 0.2) is 0 Å². The number of carbonyl (C=O) groups is 1. The second-order valence-corrected chi connectivity index (χ2v) is 5.51. The fourth-order valence-corrected chi connectivity index (χ4v) is 2.47. The minimum absolute atomic E-state index is 0.170. The lowest BCUT2D eigenvalue weighted by molar-refractivity contribution is -0.120. The summed E-state index contributed by atoms with van der Waals surface area (Å²) in [6, 6.07) is 9.03. The number of amides is 1. The molecule has 2 rings (SSSR count). The lowest BCUT2D eigenvalue weighted by Gasteiger charge is -2.00. The highest BCUT2D eigenvalue weighted by Crippen LogP contribution is 2.24. The van der Waals surface area contributed by atoms with Crippen molar-refractivity contribution in [2.24, 2.45) is 5.10 Å². The number of hydrazone groups is 1. The first-order valence-corrected chi connectivity index (χ1v) is 7.08. The van der Waals surface area contributed by atoms with Crippen LogP contribution in [0.15, 0.2) is 40.8 Å². The van der Waals surface area contributed by atoms with Crippen LogP contribution in [0.1, 0.15) is 10.4 Å². The lowest BCUT2D eigenvalue weighted by Crippen LogP contribution is -2.19. The maximum absolute atomic E-state index is 11.6. The molecule has 0 fully saturated rings. The van der Waals surface area contributed by atoms with Gasteiger partial charge in [-0.05, 0) is 17.5 Å². The van der Waals surface area contributed by atoms with E-state index in [9.17, 15) is 4.79 Å². The van der Waals surface area contributed by atoms with Gasteiger partial charge in [0.05, 0.1) is 22.7 Å². The zero-order chi connectivity index (χ0) is 13.7. The van der Waals surface area contributed by atoms with Crippen LogP contribution < -0.4 is 5.43 Å². The average molecular weight is 313 g/mol. The van der Waals surface area contributed by atoms with Crippen LogP contribution in [0.25, 0.3) is 0 Å². The Balaban J connectivity index is 1.93. The zero-order valence-corrected chi connectivity index (χ0v) is 12.1. The van der Waals surface area contributed by atoms with Gasteiger partial charge in [0.25, 0.3) is 0 Å². The summed E-state index contributed by atoms with van der Waals surface area (Å²) in [6.45, 7) is 0. The molecule has 0 unspecified atom stereocenters. The molecule has 0 spiro atoms. The normalized spacial score (nSPS) is 10.8. The molecule has 3 nitrogen and oxygen atoms in total. The standard InChI is InChI=1S/C13H10Cl2N2OS/c14-11-5-1-3-9(13(11)15)8-16-17-12(18)7-10-4-2-6-19-10/h1-6,8H,7H2,(H,17,18)/b16-8+. The summed E-state index contributed by atoms with van der Waals surface area (Å²) in [7, 11) is 0. The zero-order valence-electron chi connectivity index (χ0n) is 9.77. The fourth-order valence-electron chi connectivity index (χ4n) is 1.40. The van der Waals surface area contributed by atoms with Crippen LogP contribution in [-0.2, 0) is 11.2 Å². The van der Waals surface area contributed by atoms with E-state index >= 15 is 0 Å². The van der Waals surface area contributed by atoms with E-state index in [2.05, 4.69) is 10.5 Å². The van der Waals surface area contributed by atoms with E-state index in [0.29, 0.717) is 22.0 Å². The van der Waals surface area contributed by atoms with Gasteiger partial charge in [0.2, 0.25) is 5.91 Å². The van der Waals surface area contributed by atoms with Crippen molar-refractivity contribution >= 4 is 46.7 Å². The van der Waals surface area contributed by atoms with E-state index < -0.39 is 0 Å². The Bertz CT molecular complexity index is 597. The number of halogens is 2. The maximum Gasteiger partial charge on any atom is 0.245 e. The first-order chi connectivity index (χ1) is 9.16. The van der Waals surface area contributed by atoms with Gasteiger partial charge >= 0.3 is 0 Å². The third kappa shape index (κ3) is 4.06. The molecule has 98 valence electrons. The molecule has 1 N–H and O–H groups in total.